The van der Waals surface area contributed by atoms with Crippen molar-refractivity contribution in [3.05, 3.63) is 17.3 Å². The maximum atomic E-state index is 11.1. The molecule has 0 aliphatic carbocycles. The summed E-state index contributed by atoms with van der Waals surface area (Å²) in [5.41, 5.74) is 0.587. The number of oxazole rings is 1. The van der Waals surface area contributed by atoms with Gasteiger partial charge in [0.05, 0.1) is 6.04 Å². The van der Waals surface area contributed by atoms with Crippen molar-refractivity contribution in [3.63, 3.8) is 0 Å². The molecule has 5 nitrogen and oxygen atoms in total. The van der Waals surface area contributed by atoms with Crippen LogP contribution < -0.4 is 0 Å². The van der Waals surface area contributed by atoms with E-state index in [-0.39, 0.29) is 11.8 Å². The van der Waals surface area contributed by atoms with Gasteiger partial charge in [-0.15, -0.1) is 0 Å². The summed E-state index contributed by atoms with van der Waals surface area (Å²) in [4.78, 5) is 17.5. The molecule has 2 rings (SSSR count). The monoisotopic (exact) mass is 224 g/mol. The SMILES string of the molecule is CCc1nc(C2CCCN2C)c(C(=O)O)o1. The van der Waals surface area contributed by atoms with Gasteiger partial charge in [-0.05, 0) is 26.4 Å². The van der Waals surface area contributed by atoms with Crippen molar-refractivity contribution in [1.82, 2.24) is 9.88 Å². The summed E-state index contributed by atoms with van der Waals surface area (Å²) in [6, 6.07) is 0.0927. The number of rotatable bonds is 3. The summed E-state index contributed by atoms with van der Waals surface area (Å²) in [6.45, 7) is 2.89. The molecule has 0 amide bonds. The van der Waals surface area contributed by atoms with Crippen molar-refractivity contribution in [2.75, 3.05) is 13.6 Å². The van der Waals surface area contributed by atoms with Gasteiger partial charge in [0.2, 0.25) is 5.76 Å². The quantitative estimate of drug-likeness (QED) is 0.846. The van der Waals surface area contributed by atoms with Crippen LogP contribution in [0.15, 0.2) is 4.42 Å². The number of aromatic carboxylic acids is 1. The second kappa shape index (κ2) is 4.25. The van der Waals surface area contributed by atoms with Crippen molar-refractivity contribution >= 4 is 5.97 Å². The van der Waals surface area contributed by atoms with Gasteiger partial charge in [-0.1, -0.05) is 6.92 Å². The van der Waals surface area contributed by atoms with Crippen molar-refractivity contribution in [2.45, 2.75) is 32.2 Å². The number of nitrogens with zero attached hydrogens (tertiary/aromatic N) is 2. The molecule has 2 heterocycles. The van der Waals surface area contributed by atoms with Crippen LogP contribution in [0.3, 0.4) is 0 Å². The highest BCUT2D eigenvalue weighted by Crippen LogP contribution is 2.32. The third-order valence-electron chi connectivity index (χ3n) is 3.03. The molecule has 0 saturated carbocycles. The maximum absolute atomic E-state index is 11.1. The van der Waals surface area contributed by atoms with E-state index in [0.717, 1.165) is 19.4 Å². The summed E-state index contributed by atoms with van der Waals surface area (Å²) in [5.74, 6) is -0.509. The minimum atomic E-state index is -1.03. The van der Waals surface area contributed by atoms with E-state index in [0.29, 0.717) is 18.0 Å². The van der Waals surface area contributed by atoms with Gasteiger partial charge in [0.1, 0.15) is 5.69 Å². The number of aryl methyl sites for hydroxylation is 1. The first-order chi connectivity index (χ1) is 7.63. The summed E-state index contributed by atoms with van der Waals surface area (Å²) in [7, 11) is 1.99. The molecule has 1 fully saturated rings. The van der Waals surface area contributed by atoms with E-state index in [4.69, 9.17) is 9.52 Å². The van der Waals surface area contributed by atoms with Gasteiger partial charge in [-0.25, -0.2) is 9.78 Å². The lowest BCUT2D eigenvalue weighted by atomic mass is 10.1. The molecule has 1 aromatic heterocycles. The van der Waals surface area contributed by atoms with E-state index in [2.05, 4.69) is 9.88 Å². The van der Waals surface area contributed by atoms with Gasteiger partial charge in [0.25, 0.3) is 0 Å². The number of aromatic nitrogens is 1. The van der Waals surface area contributed by atoms with Crippen LogP contribution in [0.4, 0.5) is 0 Å². The highest BCUT2D eigenvalue weighted by molar-refractivity contribution is 5.85. The largest absolute Gasteiger partial charge is 0.475 e. The maximum Gasteiger partial charge on any atom is 0.373 e. The van der Waals surface area contributed by atoms with Gasteiger partial charge < -0.3 is 9.52 Å². The van der Waals surface area contributed by atoms with Crippen LogP contribution in [0.2, 0.25) is 0 Å². The zero-order valence-electron chi connectivity index (χ0n) is 9.56. The first kappa shape index (κ1) is 11.1. The van der Waals surface area contributed by atoms with Crippen LogP contribution in [0, 0.1) is 0 Å². The van der Waals surface area contributed by atoms with Crippen molar-refractivity contribution in [2.24, 2.45) is 0 Å². The van der Waals surface area contributed by atoms with Crippen molar-refractivity contribution in [1.29, 1.82) is 0 Å². The molecule has 16 heavy (non-hydrogen) atoms. The molecular weight excluding hydrogens is 208 g/mol. The number of carbonyl (C=O) groups is 1. The molecule has 1 saturated heterocycles. The Hall–Kier alpha value is -1.36. The summed E-state index contributed by atoms with van der Waals surface area (Å²) < 4.78 is 5.25. The molecular formula is C11H16N2O3. The Morgan fingerprint density at radius 3 is 2.94 bits per heavy atom. The second-order valence-electron chi connectivity index (χ2n) is 4.12. The predicted octanol–water partition coefficient (Wildman–Crippen LogP) is 1.70. The number of carboxylic acids is 1. The van der Waals surface area contributed by atoms with Gasteiger partial charge >= 0.3 is 5.97 Å². The highest BCUT2D eigenvalue weighted by Gasteiger charge is 2.31. The summed E-state index contributed by atoms with van der Waals surface area (Å²) in [6.07, 6.45) is 2.65. The lowest BCUT2D eigenvalue weighted by Crippen LogP contribution is -2.19. The standard InChI is InChI=1S/C11H16N2O3/c1-3-8-12-9(10(16-8)11(14)15)7-5-4-6-13(7)2/h7H,3-6H2,1-2H3,(H,14,15). The molecule has 1 aliphatic heterocycles. The van der Waals surface area contributed by atoms with E-state index < -0.39 is 5.97 Å². The Labute approximate surface area is 94.1 Å². The summed E-state index contributed by atoms with van der Waals surface area (Å²) in [5, 5.41) is 9.07. The Morgan fingerprint density at radius 2 is 2.44 bits per heavy atom. The fraction of sp³-hybridized carbons (Fsp3) is 0.636. The minimum Gasteiger partial charge on any atom is -0.475 e. The highest BCUT2D eigenvalue weighted by atomic mass is 16.4. The molecule has 5 heteroatoms. The zero-order chi connectivity index (χ0) is 11.7. The molecule has 0 radical (unpaired) electrons. The summed E-state index contributed by atoms with van der Waals surface area (Å²) >= 11 is 0. The molecule has 0 aromatic carbocycles. The Morgan fingerprint density at radius 1 is 1.69 bits per heavy atom. The average molecular weight is 224 g/mol. The lowest BCUT2D eigenvalue weighted by molar-refractivity contribution is 0.0656. The Bertz CT molecular complexity index is 400. The molecule has 88 valence electrons. The number of carboxylic acid groups (broad SMARTS) is 1. The minimum absolute atomic E-state index is 0.00981. The van der Waals surface area contributed by atoms with Gasteiger partial charge in [0, 0.05) is 6.42 Å². The first-order valence-electron chi connectivity index (χ1n) is 5.56. The Kier molecular flexibility index (Phi) is 2.96. The second-order valence-corrected chi connectivity index (χ2v) is 4.12. The number of hydrogen-bond acceptors (Lipinski definition) is 4. The van der Waals surface area contributed by atoms with Crippen molar-refractivity contribution in [3.8, 4) is 0 Å². The van der Waals surface area contributed by atoms with Gasteiger partial charge in [-0.3, -0.25) is 4.90 Å². The van der Waals surface area contributed by atoms with Gasteiger partial charge in [0.15, 0.2) is 5.89 Å². The lowest BCUT2D eigenvalue weighted by Gasteiger charge is -2.16. The van der Waals surface area contributed by atoms with E-state index in [1.165, 1.54) is 0 Å². The first-order valence-corrected chi connectivity index (χ1v) is 5.56. The van der Waals surface area contributed by atoms with Crippen molar-refractivity contribution < 1.29 is 14.3 Å². The smallest absolute Gasteiger partial charge is 0.373 e. The molecule has 1 aromatic rings. The van der Waals surface area contributed by atoms with Crippen LogP contribution in [-0.4, -0.2) is 34.6 Å². The van der Waals surface area contributed by atoms with E-state index >= 15 is 0 Å². The molecule has 1 atom stereocenters. The van der Waals surface area contributed by atoms with E-state index in [1.807, 2.05) is 14.0 Å². The van der Waals surface area contributed by atoms with Crippen LogP contribution in [-0.2, 0) is 6.42 Å². The molecule has 1 unspecified atom stereocenters. The average Bonchev–Trinajstić information content (AvgIpc) is 2.82. The fourth-order valence-electron chi connectivity index (χ4n) is 2.16. The van der Waals surface area contributed by atoms with Crippen LogP contribution >= 0.6 is 0 Å². The molecule has 1 aliphatic rings. The fourth-order valence-corrected chi connectivity index (χ4v) is 2.16. The van der Waals surface area contributed by atoms with Gasteiger partial charge in [-0.2, -0.15) is 0 Å². The van der Waals surface area contributed by atoms with E-state index in [9.17, 15) is 4.79 Å². The molecule has 0 spiro atoms. The number of likely N-dealkylation sites (tertiary alicyclic amines) is 1. The third-order valence-corrected chi connectivity index (χ3v) is 3.03. The normalized spacial score (nSPS) is 21.5. The third kappa shape index (κ3) is 1.82. The van der Waals surface area contributed by atoms with Crippen LogP contribution in [0.5, 0.6) is 0 Å². The molecule has 0 bridgehead atoms. The predicted molar refractivity (Wildman–Crippen MR) is 57.4 cm³/mol. The topological polar surface area (TPSA) is 66.6 Å². The van der Waals surface area contributed by atoms with Crippen LogP contribution in [0.25, 0.3) is 0 Å². The molecule has 1 N–H and O–H groups in total. The van der Waals surface area contributed by atoms with E-state index in [1.54, 1.807) is 0 Å². The Balaban J connectivity index is 2.37. The number of hydrogen-bond donors (Lipinski definition) is 1. The zero-order valence-corrected chi connectivity index (χ0v) is 9.56. The van der Waals surface area contributed by atoms with Crippen LogP contribution in [0.1, 0.15) is 47.9 Å².